The maximum atomic E-state index is 12.7. The van der Waals surface area contributed by atoms with Crippen molar-refractivity contribution < 1.29 is 14.5 Å². The van der Waals surface area contributed by atoms with E-state index in [1.165, 1.54) is 4.68 Å². The van der Waals surface area contributed by atoms with Crippen LogP contribution in [0.3, 0.4) is 0 Å². The Balaban J connectivity index is 1.72. The highest BCUT2D eigenvalue weighted by Crippen LogP contribution is 2.22. The first-order valence-electron chi connectivity index (χ1n) is 9.05. The number of anilines is 1. The van der Waals surface area contributed by atoms with Crippen LogP contribution in [0, 0.1) is 24.0 Å². The SMILES string of the molecule is Cc1nn(CCC(=O)Nc2ccccc2C(=O)c2ccccc2)c(C)c1[N+](=O)[O-]. The van der Waals surface area contributed by atoms with Crippen LogP contribution in [0.4, 0.5) is 11.4 Å². The summed E-state index contributed by atoms with van der Waals surface area (Å²) in [5, 5.41) is 18.0. The van der Waals surface area contributed by atoms with Crippen molar-refractivity contribution in [2.24, 2.45) is 0 Å². The fraction of sp³-hybridized carbons (Fsp3) is 0.190. The number of nitro groups is 1. The van der Waals surface area contributed by atoms with Gasteiger partial charge in [-0.15, -0.1) is 0 Å². The van der Waals surface area contributed by atoms with E-state index in [2.05, 4.69) is 10.4 Å². The van der Waals surface area contributed by atoms with Gasteiger partial charge in [0.25, 0.3) is 0 Å². The minimum absolute atomic E-state index is 0.0378. The molecule has 8 nitrogen and oxygen atoms in total. The fourth-order valence-corrected chi connectivity index (χ4v) is 3.12. The molecule has 0 fully saturated rings. The first kappa shape index (κ1) is 19.9. The summed E-state index contributed by atoms with van der Waals surface area (Å²) in [7, 11) is 0. The van der Waals surface area contributed by atoms with Gasteiger partial charge >= 0.3 is 5.69 Å². The second-order valence-electron chi connectivity index (χ2n) is 6.54. The molecule has 0 aliphatic carbocycles. The molecule has 0 aliphatic rings. The molecular formula is C21H20N4O4. The lowest BCUT2D eigenvalue weighted by Crippen LogP contribution is -2.17. The van der Waals surface area contributed by atoms with E-state index in [9.17, 15) is 19.7 Å². The third-order valence-electron chi connectivity index (χ3n) is 4.56. The number of nitrogens with zero attached hydrogens (tertiary/aromatic N) is 3. The number of hydrogen-bond acceptors (Lipinski definition) is 5. The molecule has 1 N–H and O–H groups in total. The van der Waals surface area contributed by atoms with Gasteiger partial charge in [-0.25, -0.2) is 0 Å². The molecule has 1 aromatic heterocycles. The van der Waals surface area contributed by atoms with E-state index in [-0.39, 0.29) is 30.3 Å². The maximum absolute atomic E-state index is 12.7. The molecule has 0 spiro atoms. The summed E-state index contributed by atoms with van der Waals surface area (Å²) in [5.41, 5.74) is 2.03. The molecular weight excluding hydrogens is 372 g/mol. The van der Waals surface area contributed by atoms with Crippen molar-refractivity contribution in [2.45, 2.75) is 26.8 Å². The quantitative estimate of drug-likeness (QED) is 0.375. The van der Waals surface area contributed by atoms with Gasteiger partial charge < -0.3 is 5.32 Å². The number of carbonyl (C=O) groups excluding carboxylic acids is 2. The van der Waals surface area contributed by atoms with E-state index in [1.54, 1.807) is 62.4 Å². The molecule has 0 saturated heterocycles. The summed E-state index contributed by atoms with van der Waals surface area (Å²) < 4.78 is 1.45. The minimum Gasteiger partial charge on any atom is -0.325 e. The molecule has 3 aromatic rings. The number of nitrogens with one attached hydrogen (secondary N) is 1. The van der Waals surface area contributed by atoms with Crippen LogP contribution in [0.25, 0.3) is 0 Å². The average Bonchev–Trinajstić information content (AvgIpc) is 3.00. The van der Waals surface area contributed by atoms with Crippen LogP contribution in [-0.4, -0.2) is 26.4 Å². The van der Waals surface area contributed by atoms with E-state index < -0.39 is 4.92 Å². The highest BCUT2D eigenvalue weighted by atomic mass is 16.6. The van der Waals surface area contributed by atoms with Crippen molar-refractivity contribution in [3.05, 3.63) is 87.2 Å². The van der Waals surface area contributed by atoms with Gasteiger partial charge in [-0.1, -0.05) is 42.5 Å². The first-order chi connectivity index (χ1) is 13.9. The van der Waals surface area contributed by atoms with Crippen molar-refractivity contribution in [1.29, 1.82) is 0 Å². The van der Waals surface area contributed by atoms with Gasteiger partial charge in [-0.2, -0.15) is 5.10 Å². The van der Waals surface area contributed by atoms with Crippen LogP contribution in [0.15, 0.2) is 54.6 Å². The molecule has 148 valence electrons. The van der Waals surface area contributed by atoms with E-state index in [1.807, 2.05) is 6.07 Å². The van der Waals surface area contributed by atoms with Crippen molar-refractivity contribution in [2.75, 3.05) is 5.32 Å². The summed E-state index contributed by atoms with van der Waals surface area (Å²) >= 11 is 0. The van der Waals surface area contributed by atoms with Crippen LogP contribution in [0.2, 0.25) is 0 Å². The first-order valence-corrected chi connectivity index (χ1v) is 9.05. The Labute approximate surface area is 167 Å². The van der Waals surface area contributed by atoms with Gasteiger partial charge in [0.1, 0.15) is 11.4 Å². The number of rotatable bonds is 7. The zero-order valence-electron chi connectivity index (χ0n) is 16.1. The molecule has 3 rings (SSSR count). The van der Waals surface area contributed by atoms with E-state index in [4.69, 9.17) is 0 Å². The van der Waals surface area contributed by atoms with E-state index in [0.717, 1.165) is 0 Å². The largest absolute Gasteiger partial charge is 0.325 e. The Hall–Kier alpha value is -3.81. The third-order valence-corrected chi connectivity index (χ3v) is 4.56. The third kappa shape index (κ3) is 4.37. The van der Waals surface area contributed by atoms with Gasteiger partial charge in [-0.3, -0.25) is 24.4 Å². The van der Waals surface area contributed by atoms with Gasteiger partial charge in [-0.05, 0) is 26.0 Å². The normalized spacial score (nSPS) is 10.6. The minimum atomic E-state index is -0.473. The van der Waals surface area contributed by atoms with Crippen LogP contribution in [0.1, 0.15) is 33.7 Å². The molecule has 0 saturated carbocycles. The predicted molar refractivity (Wildman–Crippen MR) is 108 cm³/mol. The predicted octanol–water partition coefficient (Wildman–Crippen LogP) is 3.67. The Morgan fingerprint density at radius 1 is 1.07 bits per heavy atom. The monoisotopic (exact) mass is 392 g/mol. The van der Waals surface area contributed by atoms with Crippen LogP contribution >= 0.6 is 0 Å². The number of para-hydroxylation sites is 1. The van der Waals surface area contributed by atoms with Crippen molar-refractivity contribution in [3.8, 4) is 0 Å². The van der Waals surface area contributed by atoms with Crippen LogP contribution in [0.5, 0.6) is 0 Å². The van der Waals surface area contributed by atoms with Gasteiger partial charge in [0.2, 0.25) is 5.91 Å². The second kappa shape index (κ2) is 8.47. The van der Waals surface area contributed by atoms with Gasteiger partial charge in [0, 0.05) is 17.5 Å². The highest BCUT2D eigenvalue weighted by Gasteiger charge is 2.22. The smallest absolute Gasteiger partial charge is 0.312 e. The zero-order chi connectivity index (χ0) is 21.0. The number of carbonyl (C=O) groups is 2. The molecule has 1 heterocycles. The topological polar surface area (TPSA) is 107 Å². The Bertz CT molecular complexity index is 1070. The number of aryl methyl sites for hydroxylation is 2. The number of aromatic nitrogens is 2. The zero-order valence-corrected chi connectivity index (χ0v) is 16.1. The van der Waals surface area contributed by atoms with Crippen LogP contribution in [-0.2, 0) is 11.3 Å². The molecule has 0 radical (unpaired) electrons. The van der Waals surface area contributed by atoms with Crippen molar-refractivity contribution in [3.63, 3.8) is 0 Å². The van der Waals surface area contributed by atoms with Crippen molar-refractivity contribution >= 4 is 23.1 Å². The summed E-state index contributed by atoms with van der Waals surface area (Å²) in [6, 6.07) is 15.6. The molecule has 2 aromatic carbocycles. The molecule has 1 amide bonds. The lowest BCUT2D eigenvalue weighted by molar-refractivity contribution is -0.386. The Kier molecular flexibility index (Phi) is 5.82. The number of hydrogen-bond donors (Lipinski definition) is 1. The molecule has 0 atom stereocenters. The Morgan fingerprint density at radius 2 is 1.72 bits per heavy atom. The maximum Gasteiger partial charge on any atom is 0.312 e. The molecule has 0 aliphatic heterocycles. The van der Waals surface area contributed by atoms with Gasteiger partial charge in [0.15, 0.2) is 5.78 Å². The van der Waals surface area contributed by atoms with Crippen molar-refractivity contribution in [1.82, 2.24) is 9.78 Å². The highest BCUT2D eigenvalue weighted by molar-refractivity contribution is 6.13. The number of ketones is 1. The summed E-state index contributed by atoms with van der Waals surface area (Å²) in [6.07, 6.45) is 0.0625. The standard InChI is InChI=1S/C21H20N4O4/c1-14-20(25(28)29)15(2)24(23-14)13-12-19(26)22-18-11-7-6-10-17(18)21(27)16-8-4-3-5-9-16/h3-11H,12-13H2,1-2H3,(H,22,26). The van der Waals surface area contributed by atoms with Gasteiger partial charge in [0.05, 0.1) is 17.2 Å². The summed E-state index contributed by atoms with van der Waals surface area (Å²) in [6.45, 7) is 3.36. The average molecular weight is 392 g/mol. The number of benzene rings is 2. The molecule has 8 heteroatoms. The molecule has 0 unspecified atom stereocenters. The molecule has 29 heavy (non-hydrogen) atoms. The number of amides is 1. The fourth-order valence-electron chi connectivity index (χ4n) is 3.12. The lowest BCUT2D eigenvalue weighted by Gasteiger charge is -2.11. The van der Waals surface area contributed by atoms with E-state index in [0.29, 0.717) is 28.2 Å². The Morgan fingerprint density at radius 3 is 2.38 bits per heavy atom. The van der Waals surface area contributed by atoms with E-state index >= 15 is 0 Å². The second-order valence-corrected chi connectivity index (χ2v) is 6.54. The summed E-state index contributed by atoms with van der Waals surface area (Å²) in [4.78, 5) is 35.8. The van der Waals surface area contributed by atoms with Crippen LogP contribution < -0.4 is 5.32 Å². The lowest BCUT2D eigenvalue weighted by atomic mass is 10.0. The molecule has 0 bridgehead atoms. The summed E-state index contributed by atoms with van der Waals surface area (Å²) in [5.74, 6) is -0.496.